The molecule has 3 rings (SSSR count). The third-order valence-electron chi connectivity index (χ3n) is 2.64. The van der Waals surface area contributed by atoms with Crippen LogP contribution in [0.1, 0.15) is 10.5 Å². The van der Waals surface area contributed by atoms with Crippen molar-refractivity contribution in [2.45, 2.75) is 0 Å². The zero-order chi connectivity index (χ0) is 13.8. The van der Waals surface area contributed by atoms with Gasteiger partial charge in [0, 0.05) is 18.6 Å². The van der Waals surface area contributed by atoms with Gasteiger partial charge >= 0.3 is 0 Å². The highest BCUT2D eigenvalue weighted by Crippen LogP contribution is 2.10. The van der Waals surface area contributed by atoms with Crippen molar-refractivity contribution in [1.82, 2.24) is 19.7 Å². The summed E-state index contributed by atoms with van der Waals surface area (Å²) in [5.74, 6) is 0.421. The third-order valence-corrected chi connectivity index (χ3v) is 2.64. The van der Waals surface area contributed by atoms with Crippen LogP contribution < -0.4 is 5.32 Å². The van der Waals surface area contributed by atoms with Gasteiger partial charge in [0.15, 0.2) is 5.82 Å². The van der Waals surface area contributed by atoms with Crippen LogP contribution in [0.25, 0.3) is 5.82 Å². The van der Waals surface area contributed by atoms with Gasteiger partial charge in [0.1, 0.15) is 5.69 Å². The Morgan fingerprint density at radius 1 is 1.05 bits per heavy atom. The molecule has 0 bridgehead atoms. The molecule has 0 saturated heterocycles. The van der Waals surface area contributed by atoms with E-state index in [1.165, 1.54) is 0 Å². The number of rotatable bonds is 3. The number of anilines is 1. The molecule has 0 radical (unpaired) electrons. The minimum Gasteiger partial charge on any atom is -0.319 e. The van der Waals surface area contributed by atoms with Crippen molar-refractivity contribution in [3.8, 4) is 5.82 Å². The van der Waals surface area contributed by atoms with Gasteiger partial charge in [-0.1, -0.05) is 6.07 Å². The Balaban J connectivity index is 1.74. The second kappa shape index (κ2) is 5.31. The molecule has 98 valence electrons. The Hall–Kier alpha value is -3.02. The lowest BCUT2D eigenvalue weighted by Gasteiger charge is -2.05. The zero-order valence-electron chi connectivity index (χ0n) is 10.5. The molecule has 0 aliphatic rings. The van der Waals surface area contributed by atoms with Crippen molar-refractivity contribution < 1.29 is 4.79 Å². The summed E-state index contributed by atoms with van der Waals surface area (Å²) in [4.78, 5) is 20.1. The summed E-state index contributed by atoms with van der Waals surface area (Å²) in [6, 6.07) is 10.5. The maximum Gasteiger partial charge on any atom is 0.274 e. The van der Waals surface area contributed by atoms with Crippen LogP contribution in [0, 0.1) is 0 Å². The molecule has 0 aliphatic heterocycles. The molecule has 20 heavy (non-hydrogen) atoms. The van der Waals surface area contributed by atoms with Crippen LogP contribution in [0.3, 0.4) is 0 Å². The summed E-state index contributed by atoms with van der Waals surface area (Å²) in [6.45, 7) is 0. The minimum absolute atomic E-state index is 0.265. The normalized spacial score (nSPS) is 10.2. The fourth-order valence-corrected chi connectivity index (χ4v) is 1.69. The van der Waals surface area contributed by atoms with Crippen molar-refractivity contribution in [2.24, 2.45) is 0 Å². The van der Waals surface area contributed by atoms with Gasteiger partial charge in [-0.3, -0.25) is 9.78 Å². The van der Waals surface area contributed by atoms with E-state index in [2.05, 4.69) is 20.4 Å². The molecule has 0 fully saturated rings. The largest absolute Gasteiger partial charge is 0.319 e. The number of hydrogen-bond acceptors (Lipinski definition) is 4. The van der Waals surface area contributed by atoms with Crippen LogP contribution in [-0.4, -0.2) is 25.7 Å². The molecule has 0 saturated carbocycles. The van der Waals surface area contributed by atoms with Gasteiger partial charge < -0.3 is 5.32 Å². The molecule has 0 aliphatic carbocycles. The molecule has 1 N–H and O–H groups in total. The molecule has 1 amide bonds. The Bertz CT molecular complexity index is 692. The monoisotopic (exact) mass is 265 g/mol. The highest BCUT2D eigenvalue weighted by molar-refractivity contribution is 6.02. The number of carbonyl (C=O) groups is 1. The van der Waals surface area contributed by atoms with Crippen LogP contribution in [0.4, 0.5) is 5.69 Å². The molecule has 0 unspecified atom stereocenters. The van der Waals surface area contributed by atoms with Gasteiger partial charge in [0.25, 0.3) is 5.91 Å². The van der Waals surface area contributed by atoms with Crippen LogP contribution in [0.15, 0.2) is 61.2 Å². The topological polar surface area (TPSA) is 72.7 Å². The smallest absolute Gasteiger partial charge is 0.274 e. The van der Waals surface area contributed by atoms with Crippen molar-refractivity contribution in [3.05, 3.63) is 66.9 Å². The fraction of sp³-hybridized carbons (Fsp3) is 0. The molecule has 3 aromatic rings. The Labute approximate surface area is 115 Å². The molecular weight excluding hydrogens is 254 g/mol. The van der Waals surface area contributed by atoms with Gasteiger partial charge in [0.2, 0.25) is 0 Å². The van der Waals surface area contributed by atoms with Crippen LogP contribution in [0.5, 0.6) is 0 Å². The van der Waals surface area contributed by atoms with E-state index in [1.54, 1.807) is 59.8 Å². The van der Waals surface area contributed by atoms with Gasteiger partial charge in [0.05, 0.1) is 11.9 Å². The minimum atomic E-state index is -0.265. The molecule has 3 aromatic heterocycles. The van der Waals surface area contributed by atoms with E-state index in [0.29, 0.717) is 17.2 Å². The van der Waals surface area contributed by atoms with Crippen LogP contribution in [0.2, 0.25) is 0 Å². The number of pyridine rings is 2. The van der Waals surface area contributed by atoms with Crippen molar-refractivity contribution >= 4 is 11.6 Å². The van der Waals surface area contributed by atoms with E-state index in [0.717, 1.165) is 0 Å². The van der Waals surface area contributed by atoms with Crippen molar-refractivity contribution in [2.75, 3.05) is 5.32 Å². The second-order valence-corrected chi connectivity index (χ2v) is 4.02. The lowest BCUT2D eigenvalue weighted by Crippen LogP contribution is -2.13. The maximum atomic E-state index is 11.9. The van der Waals surface area contributed by atoms with E-state index in [-0.39, 0.29) is 5.91 Å². The molecule has 0 atom stereocenters. The predicted octanol–water partition coefficient (Wildman–Crippen LogP) is 1.91. The Morgan fingerprint density at radius 2 is 2.00 bits per heavy atom. The quantitative estimate of drug-likeness (QED) is 0.785. The number of amides is 1. The standard InChI is InChI=1S/C14H11N5O/c20-14(12-4-1-2-7-15-12)18-11-5-6-13(16-10-11)19-9-3-8-17-19/h1-10H,(H,18,20). The summed E-state index contributed by atoms with van der Waals surface area (Å²) >= 11 is 0. The highest BCUT2D eigenvalue weighted by atomic mass is 16.1. The first-order valence-corrected chi connectivity index (χ1v) is 6.01. The predicted molar refractivity (Wildman–Crippen MR) is 73.5 cm³/mol. The van der Waals surface area contributed by atoms with Crippen LogP contribution in [-0.2, 0) is 0 Å². The summed E-state index contributed by atoms with van der Waals surface area (Å²) in [7, 11) is 0. The lowest BCUT2D eigenvalue weighted by atomic mass is 10.3. The van der Waals surface area contributed by atoms with Crippen molar-refractivity contribution in [3.63, 3.8) is 0 Å². The zero-order valence-corrected chi connectivity index (χ0v) is 10.5. The molecule has 0 spiro atoms. The molecule has 0 aromatic carbocycles. The third kappa shape index (κ3) is 2.54. The van der Waals surface area contributed by atoms with Gasteiger partial charge in [-0.25, -0.2) is 9.67 Å². The average Bonchev–Trinajstić information content (AvgIpc) is 3.03. The van der Waals surface area contributed by atoms with E-state index in [9.17, 15) is 4.79 Å². The van der Waals surface area contributed by atoms with E-state index in [1.807, 2.05) is 6.07 Å². The van der Waals surface area contributed by atoms with Crippen LogP contribution >= 0.6 is 0 Å². The molecular formula is C14H11N5O. The summed E-state index contributed by atoms with van der Waals surface area (Å²) < 4.78 is 1.64. The van der Waals surface area contributed by atoms with Gasteiger partial charge in [-0.05, 0) is 30.3 Å². The second-order valence-electron chi connectivity index (χ2n) is 4.02. The Morgan fingerprint density at radius 3 is 2.65 bits per heavy atom. The number of aromatic nitrogens is 4. The molecule has 3 heterocycles. The first-order valence-electron chi connectivity index (χ1n) is 6.01. The number of carbonyl (C=O) groups excluding carboxylic acids is 1. The molecule has 6 heteroatoms. The first kappa shape index (κ1) is 12.0. The number of nitrogens with one attached hydrogen (secondary N) is 1. The van der Waals surface area contributed by atoms with Crippen molar-refractivity contribution in [1.29, 1.82) is 0 Å². The Kier molecular flexibility index (Phi) is 3.20. The van der Waals surface area contributed by atoms with Gasteiger partial charge in [-0.15, -0.1) is 0 Å². The van der Waals surface area contributed by atoms with Gasteiger partial charge in [-0.2, -0.15) is 5.10 Å². The highest BCUT2D eigenvalue weighted by Gasteiger charge is 2.07. The van der Waals surface area contributed by atoms with E-state index in [4.69, 9.17) is 0 Å². The summed E-state index contributed by atoms with van der Waals surface area (Å²) in [5, 5.41) is 6.82. The van der Waals surface area contributed by atoms with E-state index >= 15 is 0 Å². The number of hydrogen-bond donors (Lipinski definition) is 1. The van der Waals surface area contributed by atoms with E-state index < -0.39 is 0 Å². The average molecular weight is 265 g/mol. The maximum absolute atomic E-state index is 11.9. The summed E-state index contributed by atoms with van der Waals surface area (Å²) in [5.41, 5.74) is 0.972. The number of nitrogens with zero attached hydrogens (tertiary/aromatic N) is 4. The lowest BCUT2D eigenvalue weighted by molar-refractivity contribution is 0.102. The SMILES string of the molecule is O=C(Nc1ccc(-n2cccn2)nc1)c1ccccn1. The first-order chi connectivity index (χ1) is 9.83. The summed E-state index contributed by atoms with van der Waals surface area (Å²) in [6.07, 6.45) is 6.64. The molecule has 6 nitrogen and oxygen atoms in total. The fourth-order valence-electron chi connectivity index (χ4n) is 1.69.